The number of sulfone groups is 1. The Morgan fingerprint density at radius 1 is 1.00 bits per heavy atom. The third-order valence-electron chi connectivity index (χ3n) is 5.42. The Bertz CT molecular complexity index is 953. The molecule has 0 saturated carbocycles. The molecule has 0 radical (unpaired) electrons. The lowest BCUT2D eigenvalue weighted by atomic mass is 10.1. The molecule has 2 aromatic rings. The summed E-state index contributed by atoms with van der Waals surface area (Å²) in [7, 11) is -3.42. The third kappa shape index (κ3) is 4.63. The van der Waals surface area contributed by atoms with Gasteiger partial charge in [-0.2, -0.15) is 5.26 Å². The second-order valence-corrected chi connectivity index (χ2v) is 9.59. The van der Waals surface area contributed by atoms with Gasteiger partial charge in [0.1, 0.15) is 0 Å². The summed E-state index contributed by atoms with van der Waals surface area (Å²) in [5.74, 6) is -0.00944. The summed E-state index contributed by atoms with van der Waals surface area (Å²) < 4.78 is 25.5. The van der Waals surface area contributed by atoms with Crippen molar-refractivity contribution in [1.82, 2.24) is 4.90 Å². The first kappa shape index (κ1) is 20.6. The zero-order valence-electron chi connectivity index (χ0n) is 16.7. The molecule has 0 bridgehead atoms. The third-order valence-corrected chi connectivity index (χ3v) is 7.12. The van der Waals surface area contributed by atoms with Gasteiger partial charge in [-0.15, -0.1) is 0 Å². The Hall–Kier alpha value is -2.16. The molecule has 3 rings (SSSR count). The van der Waals surface area contributed by atoms with Gasteiger partial charge in [0.25, 0.3) is 0 Å². The van der Waals surface area contributed by atoms with E-state index in [2.05, 4.69) is 30.9 Å². The first-order chi connectivity index (χ1) is 13.5. The Balaban J connectivity index is 1.75. The number of nitrogens with zero attached hydrogens (tertiary/aromatic N) is 2. The fraction of sp³-hybridized carbons (Fsp3) is 0.435. The smallest absolute Gasteiger partial charge is 0.182 e. The van der Waals surface area contributed by atoms with Crippen molar-refractivity contribution < 1.29 is 8.42 Å². The molecule has 0 aliphatic heterocycles. The molecule has 1 atom stereocenters. The minimum absolute atomic E-state index is 0.00944. The fourth-order valence-corrected chi connectivity index (χ4v) is 5.42. The van der Waals surface area contributed by atoms with Crippen molar-refractivity contribution in [2.75, 3.05) is 13.1 Å². The van der Waals surface area contributed by atoms with E-state index in [0.717, 1.165) is 44.3 Å². The highest BCUT2D eigenvalue weighted by Gasteiger charge is 2.26. The van der Waals surface area contributed by atoms with Crippen LogP contribution in [0.3, 0.4) is 0 Å². The van der Waals surface area contributed by atoms with Crippen molar-refractivity contribution in [1.29, 1.82) is 5.26 Å². The normalized spacial score (nSPS) is 16.1. The average molecular weight is 397 g/mol. The van der Waals surface area contributed by atoms with Crippen LogP contribution in [-0.4, -0.2) is 32.4 Å². The lowest BCUT2D eigenvalue weighted by Crippen LogP contribution is -2.37. The lowest BCUT2D eigenvalue weighted by molar-refractivity contribution is 0.202. The van der Waals surface area contributed by atoms with Crippen LogP contribution in [0.25, 0.3) is 0 Å². The van der Waals surface area contributed by atoms with Gasteiger partial charge >= 0.3 is 0 Å². The van der Waals surface area contributed by atoms with Crippen LogP contribution in [0.2, 0.25) is 0 Å². The van der Waals surface area contributed by atoms with E-state index >= 15 is 0 Å². The Morgan fingerprint density at radius 2 is 1.64 bits per heavy atom. The van der Waals surface area contributed by atoms with E-state index in [9.17, 15) is 8.42 Å². The summed E-state index contributed by atoms with van der Waals surface area (Å²) >= 11 is 0. The largest absolute Gasteiger partial charge is 0.300 e. The molecule has 28 heavy (non-hydrogen) atoms. The monoisotopic (exact) mass is 396 g/mol. The number of benzene rings is 2. The van der Waals surface area contributed by atoms with Crippen LogP contribution in [0.5, 0.6) is 0 Å². The van der Waals surface area contributed by atoms with Gasteiger partial charge in [-0.1, -0.05) is 32.0 Å². The van der Waals surface area contributed by atoms with Crippen molar-refractivity contribution in [2.24, 2.45) is 0 Å². The first-order valence-electron chi connectivity index (χ1n) is 10.0. The summed E-state index contributed by atoms with van der Waals surface area (Å²) in [6, 6.07) is 14.8. The van der Waals surface area contributed by atoms with Gasteiger partial charge in [0.05, 0.1) is 22.3 Å². The first-order valence-corrected chi connectivity index (χ1v) is 11.7. The van der Waals surface area contributed by atoms with E-state index in [4.69, 9.17) is 5.26 Å². The van der Waals surface area contributed by atoms with Crippen molar-refractivity contribution >= 4 is 9.84 Å². The molecule has 0 spiro atoms. The molecule has 0 heterocycles. The van der Waals surface area contributed by atoms with E-state index in [1.54, 1.807) is 12.1 Å². The van der Waals surface area contributed by atoms with Crippen LogP contribution in [0.1, 0.15) is 48.9 Å². The minimum Gasteiger partial charge on any atom is -0.300 e. The van der Waals surface area contributed by atoms with E-state index in [1.165, 1.54) is 23.3 Å². The number of rotatable bonds is 8. The Morgan fingerprint density at radius 3 is 2.25 bits per heavy atom. The molecule has 0 saturated heterocycles. The van der Waals surface area contributed by atoms with Gasteiger partial charge in [-0.25, -0.2) is 8.42 Å². The highest BCUT2D eigenvalue weighted by Crippen LogP contribution is 2.28. The number of nitriles is 1. The van der Waals surface area contributed by atoms with Crippen LogP contribution < -0.4 is 0 Å². The van der Waals surface area contributed by atoms with E-state index in [0.29, 0.717) is 11.6 Å². The zero-order valence-corrected chi connectivity index (χ0v) is 17.5. The summed E-state index contributed by atoms with van der Waals surface area (Å²) in [6.45, 7) is 6.67. The topological polar surface area (TPSA) is 61.2 Å². The maximum Gasteiger partial charge on any atom is 0.182 e. The quantitative estimate of drug-likeness (QED) is 0.673. The number of hydrogen-bond acceptors (Lipinski definition) is 4. The second-order valence-electron chi connectivity index (χ2n) is 7.60. The molecular weight excluding hydrogens is 368 g/mol. The van der Waals surface area contributed by atoms with E-state index in [1.807, 2.05) is 12.1 Å². The van der Waals surface area contributed by atoms with Crippen LogP contribution in [-0.2, 0) is 28.4 Å². The minimum atomic E-state index is -3.42. The molecule has 148 valence electrons. The molecule has 5 heteroatoms. The molecule has 2 aromatic carbocycles. The molecule has 4 nitrogen and oxygen atoms in total. The lowest BCUT2D eigenvalue weighted by Gasteiger charge is -2.27. The maximum atomic E-state index is 12.8. The number of hydrogen-bond donors (Lipinski definition) is 0. The predicted octanol–water partition coefficient (Wildman–Crippen LogP) is 4.12. The van der Waals surface area contributed by atoms with Crippen molar-refractivity contribution in [3.05, 3.63) is 64.7 Å². The van der Waals surface area contributed by atoms with Crippen LogP contribution >= 0.6 is 0 Å². The standard InChI is InChI=1S/C23H28N2O2S/c1-3-11-25(12-4-2)22-14-20-8-5-19(13-21(20)15-22)17-28(26,27)23-9-6-18(16-24)7-10-23/h5-10,13,22H,3-4,11-12,14-15,17H2,1-2H3/t22-/m1/s1. The summed E-state index contributed by atoms with van der Waals surface area (Å²) in [6.07, 6.45) is 4.36. The highest BCUT2D eigenvalue weighted by atomic mass is 32.2. The average Bonchev–Trinajstić information content (AvgIpc) is 3.11. The second kappa shape index (κ2) is 8.89. The van der Waals surface area contributed by atoms with E-state index in [-0.39, 0.29) is 10.6 Å². The maximum absolute atomic E-state index is 12.8. The predicted molar refractivity (Wildman–Crippen MR) is 112 cm³/mol. The molecule has 0 N–H and O–H groups in total. The molecular formula is C23H28N2O2S. The summed E-state index contributed by atoms with van der Waals surface area (Å²) in [5.41, 5.74) is 3.93. The van der Waals surface area contributed by atoms with Crippen LogP contribution in [0.4, 0.5) is 0 Å². The summed E-state index contributed by atoms with van der Waals surface area (Å²) in [4.78, 5) is 2.84. The van der Waals surface area contributed by atoms with Gasteiger partial charge in [0.15, 0.2) is 9.84 Å². The molecule has 0 fully saturated rings. The highest BCUT2D eigenvalue weighted by molar-refractivity contribution is 7.90. The van der Waals surface area contributed by atoms with Crippen molar-refractivity contribution in [3.63, 3.8) is 0 Å². The van der Waals surface area contributed by atoms with Gasteiger partial charge in [-0.3, -0.25) is 4.90 Å². The van der Waals surface area contributed by atoms with E-state index < -0.39 is 9.84 Å². The van der Waals surface area contributed by atoms with Gasteiger partial charge in [0.2, 0.25) is 0 Å². The Labute approximate surface area is 168 Å². The molecule has 1 aliphatic carbocycles. The molecule has 0 aromatic heterocycles. The summed E-state index contributed by atoms with van der Waals surface area (Å²) in [5, 5.41) is 8.88. The van der Waals surface area contributed by atoms with Crippen LogP contribution in [0.15, 0.2) is 47.4 Å². The zero-order chi connectivity index (χ0) is 20.1. The van der Waals surface area contributed by atoms with Crippen molar-refractivity contribution in [2.45, 2.75) is 56.2 Å². The SMILES string of the molecule is CCCN(CCC)[C@@H]1Cc2ccc(CS(=O)(=O)c3ccc(C#N)cc3)cc2C1. The molecule has 0 unspecified atom stereocenters. The Kier molecular flexibility index (Phi) is 6.53. The number of fused-ring (bicyclic) bond motifs is 1. The molecule has 0 amide bonds. The fourth-order valence-electron chi connectivity index (χ4n) is 4.09. The molecule has 1 aliphatic rings. The van der Waals surface area contributed by atoms with Crippen LogP contribution in [0, 0.1) is 11.3 Å². The van der Waals surface area contributed by atoms with Gasteiger partial charge < -0.3 is 0 Å². The van der Waals surface area contributed by atoms with Crippen molar-refractivity contribution in [3.8, 4) is 6.07 Å². The van der Waals surface area contributed by atoms with Gasteiger partial charge in [-0.05, 0) is 79.7 Å². The van der Waals surface area contributed by atoms with Gasteiger partial charge in [0, 0.05) is 6.04 Å².